The fourth-order valence-electron chi connectivity index (χ4n) is 1.39. The third kappa shape index (κ3) is 9.17. The van der Waals surface area contributed by atoms with Crippen LogP contribution < -0.4 is 5.73 Å². The predicted molar refractivity (Wildman–Crippen MR) is 79.4 cm³/mol. The normalized spacial score (nSPS) is 14.8. The largest absolute Gasteiger partial charge is 0.327 e. The van der Waals surface area contributed by atoms with Gasteiger partial charge in [0.15, 0.2) is 0 Å². The zero-order valence-corrected chi connectivity index (χ0v) is 12.4. The molecule has 0 aromatic carbocycles. The number of hydrogen-bond donors (Lipinski definition) is 1. The monoisotopic (exact) mass is 251 g/mol. The van der Waals surface area contributed by atoms with E-state index >= 15 is 0 Å². The molecule has 0 bridgehead atoms. The van der Waals surface area contributed by atoms with Crippen LogP contribution in [0.3, 0.4) is 0 Å². The number of allylic oxidation sites excluding steroid dienone is 3. The van der Waals surface area contributed by atoms with Crippen molar-refractivity contribution >= 4 is 6.29 Å². The number of aldehydes is 1. The molecule has 0 radical (unpaired) electrons. The standard InChI is InChI=1S/C16H29NO/c1-14(2)15(17)11-9-7-5-6-8-10-12-16(3,4)13-18/h7-10,13-15H,5-6,11-12,17H2,1-4H3/b9-7+,10-8+. The lowest BCUT2D eigenvalue weighted by Gasteiger charge is -2.12. The van der Waals surface area contributed by atoms with Gasteiger partial charge >= 0.3 is 0 Å². The van der Waals surface area contributed by atoms with E-state index in [1.807, 2.05) is 13.8 Å². The number of hydrogen-bond acceptors (Lipinski definition) is 2. The van der Waals surface area contributed by atoms with E-state index in [4.69, 9.17) is 5.73 Å². The number of nitrogens with two attached hydrogens (primary N) is 1. The lowest BCUT2D eigenvalue weighted by Crippen LogP contribution is -2.25. The highest BCUT2D eigenvalue weighted by Crippen LogP contribution is 2.17. The lowest BCUT2D eigenvalue weighted by atomic mass is 9.91. The first kappa shape index (κ1) is 17.1. The van der Waals surface area contributed by atoms with Crippen LogP contribution in [0.1, 0.15) is 53.4 Å². The van der Waals surface area contributed by atoms with Gasteiger partial charge in [0.05, 0.1) is 0 Å². The molecule has 0 aromatic rings. The van der Waals surface area contributed by atoms with E-state index in [1.54, 1.807) is 0 Å². The summed E-state index contributed by atoms with van der Waals surface area (Å²) in [6.07, 6.45) is 13.5. The Bertz CT molecular complexity index is 277. The molecule has 0 aliphatic rings. The first-order chi connectivity index (χ1) is 8.39. The Kier molecular flexibility index (Phi) is 8.65. The van der Waals surface area contributed by atoms with Gasteiger partial charge in [-0.2, -0.15) is 0 Å². The van der Waals surface area contributed by atoms with Crippen molar-refractivity contribution in [3.8, 4) is 0 Å². The maximum atomic E-state index is 10.7. The highest BCUT2D eigenvalue weighted by atomic mass is 16.1. The quantitative estimate of drug-likeness (QED) is 0.384. The van der Waals surface area contributed by atoms with Crippen molar-refractivity contribution in [1.29, 1.82) is 0 Å². The van der Waals surface area contributed by atoms with Crippen molar-refractivity contribution in [3.05, 3.63) is 24.3 Å². The van der Waals surface area contributed by atoms with E-state index in [9.17, 15) is 4.79 Å². The predicted octanol–water partition coefficient (Wildman–Crippen LogP) is 3.87. The minimum atomic E-state index is -0.226. The van der Waals surface area contributed by atoms with Crippen molar-refractivity contribution in [2.45, 2.75) is 59.4 Å². The summed E-state index contributed by atoms with van der Waals surface area (Å²) in [5, 5.41) is 0. The molecule has 2 N–H and O–H groups in total. The molecule has 0 amide bonds. The van der Waals surface area contributed by atoms with Gasteiger partial charge in [0.25, 0.3) is 0 Å². The maximum Gasteiger partial charge on any atom is 0.125 e. The first-order valence-corrected chi connectivity index (χ1v) is 6.91. The zero-order chi connectivity index (χ0) is 14.0. The van der Waals surface area contributed by atoms with Crippen molar-refractivity contribution in [1.82, 2.24) is 0 Å². The molecule has 2 heteroatoms. The third-order valence-corrected chi connectivity index (χ3v) is 3.06. The molecule has 0 saturated heterocycles. The van der Waals surface area contributed by atoms with E-state index in [0.29, 0.717) is 5.92 Å². The number of rotatable bonds is 9. The first-order valence-electron chi connectivity index (χ1n) is 6.91. The van der Waals surface area contributed by atoms with Gasteiger partial charge < -0.3 is 10.5 Å². The van der Waals surface area contributed by atoms with Crippen LogP contribution in [0.15, 0.2) is 24.3 Å². The highest BCUT2D eigenvalue weighted by Gasteiger charge is 2.13. The van der Waals surface area contributed by atoms with Crippen LogP contribution >= 0.6 is 0 Å². The summed E-state index contributed by atoms with van der Waals surface area (Å²) in [5.74, 6) is 0.542. The van der Waals surface area contributed by atoms with Crippen LogP contribution in [-0.2, 0) is 4.79 Å². The summed E-state index contributed by atoms with van der Waals surface area (Å²) in [6.45, 7) is 8.21. The molecular weight excluding hydrogens is 222 g/mol. The summed E-state index contributed by atoms with van der Waals surface area (Å²) >= 11 is 0. The summed E-state index contributed by atoms with van der Waals surface area (Å²) < 4.78 is 0. The van der Waals surface area contributed by atoms with E-state index in [0.717, 1.165) is 32.0 Å². The highest BCUT2D eigenvalue weighted by molar-refractivity contribution is 5.58. The van der Waals surface area contributed by atoms with Gasteiger partial charge in [-0.3, -0.25) is 0 Å². The van der Waals surface area contributed by atoms with Crippen LogP contribution in [-0.4, -0.2) is 12.3 Å². The van der Waals surface area contributed by atoms with Crippen LogP contribution in [0.25, 0.3) is 0 Å². The van der Waals surface area contributed by atoms with Gasteiger partial charge in [-0.1, -0.05) is 52.0 Å². The van der Waals surface area contributed by atoms with Gasteiger partial charge in [0, 0.05) is 11.5 Å². The maximum absolute atomic E-state index is 10.7. The third-order valence-electron chi connectivity index (χ3n) is 3.06. The van der Waals surface area contributed by atoms with Crippen molar-refractivity contribution in [3.63, 3.8) is 0 Å². The summed E-state index contributed by atoms with van der Waals surface area (Å²) in [6, 6.07) is 0.269. The second kappa shape index (κ2) is 9.09. The Morgan fingerprint density at radius 3 is 2.11 bits per heavy atom. The molecule has 1 unspecified atom stereocenters. The Balaban J connectivity index is 3.65. The van der Waals surface area contributed by atoms with E-state index in [1.165, 1.54) is 0 Å². The van der Waals surface area contributed by atoms with Gasteiger partial charge in [0.1, 0.15) is 6.29 Å². The Hall–Kier alpha value is -0.890. The van der Waals surface area contributed by atoms with Crippen molar-refractivity contribution < 1.29 is 4.79 Å². The molecule has 0 aromatic heterocycles. The van der Waals surface area contributed by atoms with Crippen LogP contribution in [0.5, 0.6) is 0 Å². The molecule has 0 spiro atoms. The molecule has 0 aliphatic carbocycles. The summed E-state index contributed by atoms with van der Waals surface area (Å²) in [5.41, 5.74) is 5.72. The lowest BCUT2D eigenvalue weighted by molar-refractivity contribution is -0.114. The summed E-state index contributed by atoms with van der Waals surface area (Å²) in [7, 11) is 0. The SMILES string of the molecule is CC(C)C(N)C/C=C/CC/C=C/CC(C)(C)C=O. The smallest absolute Gasteiger partial charge is 0.125 e. The fraction of sp³-hybridized carbons (Fsp3) is 0.688. The van der Waals surface area contributed by atoms with E-state index < -0.39 is 0 Å². The van der Waals surface area contributed by atoms with Crippen molar-refractivity contribution in [2.24, 2.45) is 17.1 Å². The molecular formula is C16H29NO. The zero-order valence-electron chi connectivity index (χ0n) is 12.4. The molecule has 1 atom stereocenters. The number of unbranched alkanes of at least 4 members (excludes halogenated alkanes) is 1. The molecule has 2 nitrogen and oxygen atoms in total. The molecule has 0 saturated carbocycles. The minimum absolute atomic E-state index is 0.226. The second-order valence-electron chi connectivity index (χ2n) is 5.97. The van der Waals surface area contributed by atoms with Crippen LogP contribution in [0.2, 0.25) is 0 Å². The number of carbonyl (C=O) groups is 1. The van der Waals surface area contributed by atoms with E-state index in [2.05, 4.69) is 38.2 Å². The summed E-state index contributed by atoms with van der Waals surface area (Å²) in [4.78, 5) is 10.7. The average molecular weight is 251 g/mol. The molecule has 104 valence electrons. The van der Waals surface area contributed by atoms with Gasteiger partial charge in [0.2, 0.25) is 0 Å². The Morgan fingerprint density at radius 1 is 1.06 bits per heavy atom. The fourth-order valence-corrected chi connectivity index (χ4v) is 1.39. The van der Waals surface area contributed by atoms with Gasteiger partial charge in [-0.25, -0.2) is 0 Å². The van der Waals surface area contributed by atoms with Gasteiger partial charge in [-0.05, 0) is 31.6 Å². The molecule has 0 heterocycles. The topological polar surface area (TPSA) is 43.1 Å². The van der Waals surface area contributed by atoms with Crippen LogP contribution in [0, 0.1) is 11.3 Å². The van der Waals surface area contributed by atoms with Crippen molar-refractivity contribution in [2.75, 3.05) is 0 Å². The van der Waals surface area contributed by atoms with Crippen LogP contribution in [0.4, 0.5) is 0 Å². The Labute approximate surface area is 112 Å². The molecule has 0 aliphatic heterocycles. The Morgan fingerprint density at radius 2 is 1.61 bits per heavy atom. The molecule has 0 fully saturated rings. The molecule has 0 rings (SSSR count). The second-order valence-corrected chi connectivity index (χ2v) is 5.97. The number of carbonyl (C=O) groups excluding carboxylic acids is 1. The molecule has 18 heavy (non-hydrogen) atoms. The average Bonchev–Trinajstić information content (AvgIpc) is 2.32. The minimum Gasteiger partial charge on any atom is -0.327 e. The van der Waals surface area contributed by atoms with E-state index in [-0.39, 0.29) is 11.5 Å². The van der Waals surface area contributed by atoms with Gasteiger partial charge in [-0.15, -0.1) is 0 Å².